The Kier molecular flexibility index (Phi) is 12.8. The molecule has 0 aliphatic rings. The molecule has 6 nitrogen and oxygen atoms in total. The lowest BCUT2D eigenvalue weighted by Crippen LogP contribution is -2.04. The predicted molar refractivity (Wildman–Crippen MR) is 362 cm³/mol. The van der Waals surface area contributed by atoms with Gasteiger partial charge in [0.2, 0.25) is 0 Å². The standard InChI is InChI=1S/C82H52N6/c83-53-66-33-19-20-34-67(66)64-39-45-78(87-74-41-35-60(54-21-7-1-8-22-54)47-68(74)69-48-61(36-42-75(69)87)55-23-9-2-10-24-55)72(51-64)73-52-65(82-85-80(58-29-15-5-16-30-58)84-81(86-82)59-31-17-6-18-32-59)40-46-79(73)88-76-43-37-62(56-25-11-3-12-26-56)49-70(76)71-50-63(38-44-77(71)88)57-27-13-4-14-28-57/h1-52H. The quantitative estimate of drug-likeness (QED) is 0.129. The molecule has 3 aromatic heterocycles. The van der Waals surface area contributed by atoms with Crippen molar-refractivity contribution in [1.29, 1.82) is 5.26 Å². The summed E-state index contributed by atoms with van der Waals surface area (Å²) in [6.45, 7) is 0. The van der Waals surface area contributed by atoms with E-state index in [0.29, 0.717) is 23.0 Å². The molecule has 0 spiro atoms. The molecule has 3 heterocycles. The predicted octanol–water partition coefficient (Wildman–Crippen LogP) is 20.9. The van der Waals surface area contributed by atoms with Crippen molar-refractivity contribution in [1.82, 2.24) is 24.1 Å². The van der Waals surface area contributed by atoms with Gasteiger partial charge in [-0.15, -0.1) is 0 Å². The van der Waals surface area contributed by atoms with Crippen LogP contribution in [0.3, 0.4) is 0 Å². The second-order valence-corrected chi connectivity index (χ2v) is 22.2. The molecule has 6 heteroatoms. The normalized spacial score (nSPS) is 11.4. The zero-order valence-electron chi connectivity index (χ0n) is 47.7. The molecule has 0 bridgehead atoms. The van der Waals surface area contributed by atoms with Gasteiger partial charge in [0.1, 0.15) is 0 Å². The molecule has 0 amide bonds. The van der Waals surface area contributed by atoms with E-state index in [1.165, 1.54) is 0 Å². The maximum absolute atomic E-state index is 10.8. The molecule has 16 rings (SSSR count). The number of aromatic nitrogens is 5. The van der Waals surface area contributed by atoms with Crippen molar-refractivity contribution in [3.63, 3.8) is 0 Å². The maximum atomic E-state index is 10.8. The number of fused-ring (bicyclic) bond motifs is 6. The number of hydrogen-bond acceptors (Lipinski definition) is 4. The van der Waals surface area contributed by atoms with Crippen molar-refractivity contribution >= 4 is 43.6 Å². The molecule has 0 saturated carbocycles. The first-order chi connectivity index (χ1) is 43.6. The largest absolute Gasteiger partial charge is 0.309 e. The number of rotatable bonds is 11. The minimum atomic E-state index is 0.536. The van der Waals surface area contributed by atoms with Crippen molar-refractivity contribution in [2.24, 2.45) is 0 Å². The summed E-state index contributed by atoms with van der Waals surface area (Å²) in [5, 5.41) is 15.3. The Labute approximate surface area is 509 Å². The van der Waals surface area contributed by atoms with Crippen molar-refractivity contribution in [3.05, 3.63) is 321 Å². The van der Waals surface area contributed by atoms with E-state index in [0.717, 1.165) is 138 Å². The number of nitriles is 1. The van der Waals surface area contributed by atoms with Crippen LogP contribution in [0.15, 0.2) is 315 Å². The van der Waals surface area contributed by atoms with Crippen LogP contribution in [0.1, 0.15) is 5.56 Å². The maximum Gasteiger partial charge on any atom is 0.164 e. The van der Waals surface area contributed by atoms with Crippen LogP contribution in [0.4, 0.5) is 0 Å². The molecule has 0 saturated heterocycles. The van der Waals surface area contributed by atoms with E-state index < -0.39 is 0 Å². The fraction of sp³-hybridized carbons (Fsp3) is 0. The lowest BCUT2D eigenvalue weighted by Gasteiger charge is -2.21. The summed E-state index contributed by atoms with van der Waals surface area (Å²) in [6, 6.07) is 114. The third kappa shape index (κ3) is 9.19. The van der Waals surface area contributed by atoms with Gasteiger partial charge < -0.3 is 9.13 Å². The SMILES string of the molecule is N#Cc1ccccc1-c1ccc(-n2c3ccc(-c4ccccc4)cc3c3cc(-c4ccccc4)ccc32)c(-c2cc(-c3nc(-c4ccccc4)nc(-c4ccccc4)n3)ccc2-n2c3ccc(-c4ccccc4)cc3c3cc(-c4ccccc4)ccc32)c1. The monoisotopic (exact) mass is 1120 g/mol. The summed E-state index contributed by atoms with van der Waals surface area (Å²) in [5.41, 5.74) is 22.1. The molecule has 13 aromatic carbocycles. The van der Waals surface area contributed by atoms with E-state index in [-0.39, 0.29) is 0 Å². The third-order valence-electron chi connectivity index (χ3n) is 17.0. The lowest BCUT2D eigenvalue weighted by atomic mass is 9.92. The van der Waals surface area contributed by atoms with E-state index in [1.54, 1.807) is 0 Å². The lowest BCUT2D eigenvalue weighted by molar-refractivity contribution is 1.07. The zero-order chi connectivity index (χ0) is 58.5. The van der Waals surface area contributed by atoms with Crippen LogP contribution in [0, 0.1) is 11.3 Å². The highest BCUT2D eigenvalue weighted by molar-refractivity contribution is 6.14. The van der Waals surface area contributed by atoms with Crippen LogP contribution in [0.25, 0.3) is 156 Å². The van der Waals surface area contributed by atoms with Crippen molar-refractivity contribution < 1.29 is 0 Å². The van der Waals surface area contributed by atoms with E-state index >= 15 is 0 Å². The highest BCUT2D eigenvalue weighted by atomic mass is 15.0. The second kappa shape index (κ2) is 21.9. The average Bonchev–Trinajstić information content (AvgIpc) is 1.67. The topological polar surface area (TPSA) is 72.3 Å². The highest BCUT2D eigenvalue weighted by Crippen LogP contribution is 2.46. The smallest absolute Gasteiger partial charge is 0.164 e. The molecule has 410 valence electrons. The van der Waals surface area contributed by atoms with Crippen LogP contribution in [-0.4, -0.2) is 24.1 Å². The molecule has 0 aliphatic heterocycles. The van der Waals surface area contributed by atoms with E-state index in [2.05, 4.69) is 246 Å². The van der Waals surface area contributed by atoms with Crippen LogP contribution in [0.2, 0.25) is 0 Å². The summed E-state index contributed by atoms with van der Waals surface area (Å²) in [6.07, 6.45) is 0. The fourth-order valence-electron chi connectivity index (χ4n) is 12.8. The molecule has 0 N–H and O–H groups in total. The zero-order valence-corrected chi connectivity index (χ0v) is 47.7. The van der Waals surface area contributed by atoms with Gasteiger partial charge in [-0.1, -0.05) is 231 Å². The molecule has 16 aromatic rings. The van der Waals surface area contributed by atoms with E-state index in [4.69, 9.17) is 15.0 Å². The van der Waals surface area contributed by atoms with Gasteiger partial charge >= 0.3 is 0 Å². The molecule has 88 heavy (non-hydrogen) atoms. The van der Waals surface area contributed by atoms with Gasteiger partial charge in [0.15, 0.2) is 17.5 Å². The van der Waals surface area contributed by atoms with Crippen LogP contribution in [-0.2, 0) is 0 Å². The molecule has 0 atom stereocenters. The van der Waals surface area contributed by atoms with Crippen LogP contribution >= 0.6 is 0 Å². The molecule has 0 aliphatic carbocycles. The molecular weight excluding hydrogens is 1070 g/mol. The third-order valence-corrected chi connectivity index (χ3v) is 17.0. The summed E-state index contributed by atoms with van der Waals surface area (Å²) in [7, 11) is 0. The fourth-order valence-corrected chi connectivity index (χ4v) is 12.8. The Bertz CT molecular complexity index is 5110. The summed E-state index contributed by atoms with van der Waals surface area (Å²) in [5.74, 6) is 1.69. The van der Waals surface area contributed by atoms with Crippen molar-refractivity contribution in [3.8, 4) is 118 Å². The average molecular weight is 1120 g/mol. The molecule has 0 radical (unpaired) electrons. The Morgan fingerprint density at radius 1 is 0.227 bits per heavy atom. The van der Waals surface area contributed by atoms with Crippen molar-refractivity contribution in [2.45, 2.75) is 0 Å². The summed E-state index contributed by atoms with van der Waals surface area (Å²) >= 11 is 0. The van der Waals surface area contributed by atoms with Gasteiger partial charge in [0.05, 0.1) is 45.1 Å². The number of benzene rings is 13. The Balaban J connectivity index is 1.03. The van der Waals surface area contributed by atoms with Gasteiger partial charge in [0, 0.05) is 49.4 Å². The van der Waals surface area contributed by atoms with E-state index in [1.807, 2.05) is 84.9 Å². The Morgan fingerprint density at radius 2 is 0.511 bits per heavy atom. The summed E-state index contributed by atoms with van der Waals surface area (Å²) < 4.78 is 4.88. The van der Waals surface area contributed by atoms with Crippen LogP contribution in [0.5, 0.6) is 0 Å². The van der Waals surface area contributed by atoms with Gasteiger partial charge in [-0.2, -0.15) is 5.26 Å². The van der Waals surface area contributed by atoms with Crippen LogP contribution < -0.4 is 0 Å². The minimum absolute atomic E-state index is 0.536. The second-order valence-electron chi connectivity index (χ2n) is 22.2. The molecular formula is C82H52N6. The Morgan fingerprint density at radius 3 is 0.864 bits per heavy atom. The number of nitrogens with zero attached hydrogens (tertiary/aromatic N) is 6. The first-order valence-corrected chi connectivity index (χ1v) is 29.6. The first-order valence-electron chi connectivity index (χ1n) is 29.6. The van der Waals surface area contributed by atoms with Gasteiger partial charge in [-0.25, -0.2) is 15.0 Å². The number of hydrogen-bond donors (Lipinski definition) is 0. The van der Waals surface area contributed by atoms with Gasteiger partial charge in [-0.3, -0.25) is 0 Å². The highest BCUT2D eigenvalue weighted by Gasteiger charge is 2.25. The molecule has 0 fully saturated rings. The van der Waals surface area contributed by atoms with E-state index in [9.17, 15) is 5.26 Å². The van der Waals surface area contributed by atoms with Gasteiger partial charge in [-0.05, 0) is 141 Å². The Hall–Kier alpha value is -12.0. The molecule has 0 unspecified atom stereocenters. The minimum Gasteiger partial charge on any atom is -0.309 e. The van der Waals surface area contributed by atoms with Gasteiger partial charge in [0.25, 0.3) is 0 Å². The first kappa shape index (κ1) is 51.6. The summed E-state index contributed by atoms with van der Waals surface area (Å²) in [4.78, 5) is 15.8. The van der Waals surface area contributed by atoms with Crippen molar-refractivity contribution in [2.75, 3.05) is 0 Å².